The number of thiophene rings is 1. The average Bonchev–Trinajstić information content (AvgIpc) is 3.20. The number of rotatable bonds is 5. The van der Waals surface area contributed by atoms with E-state index in [0.29, 0.717) is 10.6 Å². The molecule has 1 aromatic heterocycles. The van der Waals surface area contributed by atoms with Crippen LogP contribution in [0.1, 0.15) is 17.4 Å². The third kappa shape index (κ3) is 4.18. The molecule has 5 nitrogen and oxygen atoms in total. The summed E-state index contributed by atoms with van der Waals surface area (Å²) in [5.41, 5.74) is 1.81. The lowest BCUT2D eigenvalue weighted by Crippen LogP contribution is -2.36. The monoisotopic (exact) mass is 372 g/mol. The third-order valence-electron chi connectivity index (χ3n) is 3.64. The second-order valence-electron chi connectivity index (χ2n) is 5.38. The van der Waals surface area contributed by atoms with Crippen molar-refractivity contribution in [1.29, 1.82) is 0 Å². The van der Waals surface area contributed by atoms with Crippen molar-refractivity contribution in [2.24, 2.45) is 0 Å². The van der Waals surface area contributed by atoms with Gasteiger partial charge in [0.05, 0.1) is 4.91 Å². The average molecular weight is 372 g/mol. The SMILES string of the molecule is CCc1ccc(NC(=O)CN2C(=O)S/C(=C\c3cccs3)C2=O)cc1. The largest absolute Gasteiger partial charge is 0.325 e. The molecule has 1 aliphatic heterocycles. The Kier molecular flexibility index (Phi) is 5.35. The van der Waals surface area contributed by atoms with Gasteiger partial charge in [-0.3, -0.25) is 19.3 Å². The van der Waals surface area contributed by atoms with Gasteiger partial charge in [-0.25, -0.2) is 0 Å². The summed E-state index contributed by atoms with van der Waals surface area (Å²) in [4.78, 5) is 38.8. The molecule has 0 bridgehead atoms. The summed E-state index contributed by atoms with van der Waals surface area (Å²) in [6.45, 7) is 1.76. The number of amides is 3. The van der Waals surface area contributed by atoms with Crippen molar-refractivity contribution < 1.29 is 14.4 Å². The van der Waals surface area contributed by atoms with Crippen LogP contribution in [-0.2, 0) is 16.0 Å². The quantitative estimate of drug-likeness (QED) is 0.806. The maximum absolute atomic E-state index is 12.4. The number of thioether (sulfide) groups is 1. The molecule has 0 radical (unpaired) electrons. The van der Waals surface area contributed by atoms with Gasteiger partial charge in [0.15, 0.2) is 0 Å². The summed E-state index contributed by atoms with van der Waals surface area (Å²) >= 11 is 2.34. The van der Waals surface area contributed by atoms with Crippen LogP contribution in [0, 0.1) is 0 Å². The van der Waals surface area contributed by atoms with Gasteiger partial charge < -0.3 is 5.32 Å². The van der Waals surface area contributed by atoms with E-state index in [1.807, 2.05) is 29.6 Å². The Morgan fingerprint density at radius 1 is 1.20 bits per heavy atom. The smallest absolute Gasteiger partial charge is 0.294 e. The highest BCUT2D eigenvalue weighted by Crippen LogP contribution is 2.32. The lowest BCUT2D eigenvalue weighted by molar-refractivity contribution is -0.127. The molecule has 3 rings (SSSR count). The Morgan fingerprint density at radius 3 is 2.60 bits per heavy atom. The topological polar surface area (TPSA) is 66.5 Å². The van der Waals surface area contributed by atoms with Gasteiger partial charge >= 0.3 is 0 Å². The van der Waals surface area contributed by atoms with E-state index < -0.39 is 17.1 Å². The van der Waals surface area contributed by atoms with Crippen molar-refractivity contribution in [1.82, 2.24) is 4.90 Å². The molecule has 2 aromatic rings. The molecule has 1 N–H and O–H groups in total. The first-order chi connectivity index (χ1) is 12.1. The van der Waals surface area contributed by atoms with E-state index in [-0.39, 0.29) is 6.54 Å². The maximum atomic E-state index is 12.4. The first-order valence-corrected chi connectivity index (χ1v) is 9.44. The predicted molar refractivity (Wildman–Crippen MR) is 101 cm³/mol. The normalized spacial score (nSPS) is 15.9. The molecule has 7 heteroatoms. The van der Waals surface area contributed by atoms with Crippen LogP contribution in [0.4, 0.5) is 10.5 Å². The maximum Gasteiger partial charge on any atom is 0.294 e. The molecule has 1 aliphatic rings. The van der Waals surface area contributed by atoms with Crippen LogP contribution in [0.25, 0.3) is 6.08 Å². The van der Waals surface area contributed by atoms with Crippen LogP contribution >= 0.6 is 23.1 Å². The minimum Gasteiger partial charge on any atom is -0.325 e. The molecule has 0 unspecified atom stereocenters. The fraction of sp³-hybridized carbons (Fsp3) is 0.167. The van der Waals surface area contributed by atoms with Crippen molar-refractivity contribution in [2.75, 3.05) is 11.9 Å². The Balaban J connectivity index is 1.64. The number of benzene rings is 1. The number of aryl methyl sites for hydroxylation is 1. The molecular formula is C18H16N2O3S2. The lowest BCUT2D eigenvalue weighted by atomic mass is 10.1. The molecular weight excluding hydrogens is 356 g/mol. The number of imide groups is 1. The van der Waals surface area contributed by atoms with Crippen LogP contribution in [0.3, 0.4) is 0 Å². The first kappa shape index (κ1) is 17.4. The number of nitrogens with zero attached hydrogens (tertiary/aromatic N) is 1. The Bertz CT molecular complexity index is 827. The van der Waals surface area contributed by atoms with E-state index in [2.05, 4.69) is 12.2 Å². The molecule has 25 heavy (non-hydrogen) atoms. The molecule has 128 valence electrons. The third-order valence-corrected chi connectivity index (χ3v) is 5.36. The zero-order chi connectivity index (χ0) is 17.8. The van der Waals surface area contributed by atoms with Crippen LogP contribution in [-0.4, -0.2) is 28.5 Å². The lowest BCUT2D eigenvalue weighted by Gasteiger charge is -2.12. The minimum atomic E-state index is -0.431. The number of anilines is 1. The summed E-state index contributed by atoms with van der Waals surface area (Å²) in [6, 6.07) is 11.2. The second kappa shape index (κ2) is 7.67. The van der Waals surface area contributed by atoms with Gasteiger partial charge in [-0.05, 0) is 53.4 Å². The van der Waals surface area contributed by atoms with Crippen molar-refractivity contribution in [3.63, 3.8) is 0 Å². The number of hydrogen-bond acceptors (Lipinski definition) is 5. The zero-order valence-corrected chi connectivity index (χ0v) is 15.2. The van der Waals surface area contributed by atoms with Crippen LogP contribution in [0.5, 0.6) is 0 Å². The highest BCUT2D eigenvalue weighted by Gasteiger charge is 2.36. The predicted octanol–water partition coefficient (Wildman–Crippen LogP) is 3.99. The van der Waals surface area contributed by atoms with E-state index in [1.54, 1.807) is 18.2 Å². The highest BCUT2D eigenvalue weighted by atomic mass is 32.2. The van der Waals surface area contributed by atoms with Crippen LogP contribution in [0.2, 0.25) is 0 Å². The fourth-order valence-electron chi connectivity index (χ4n) is 2.31. The zero-order valence-electron chi connectivity index (χ0n) is 13.5. The van der Waals surface area contributed by atoms with Crippen LogP contribution in [0.15, 0.2) is 46.7 Å². The van der Waals surface area contributed by atoms with Crippen molar-refractivity contribution >= 4 is 51.9 Å². The summed E-state index contributed by atoms with van der Waals surface area (Å²) in [6.07, 6.45) is 2.60. The Labute approximate surface area is 153 Å². The van der Waals surface area contributed by atoms with E-state index in [9.17, 15) is 14.4 Å². The fourth-order valence-corrected chi connectivity index (χ4v) is 3.87. The number of nitrogens with one attached hydrogen (secondary N) is 1. The highest BCUT2D eigenvalue weighted by molar-refractivity contribution is 8.18. The van der Waals surface area contributed by atoms with Gasteiger partial charge in [0.1, 0.15) is 6.54 Å². The van der Waals surface area contributed by atoms with Gasteiger partial charge in [-0.2, -0.15) is 0 Å². The summed E-state index contributed by atoms with van der Waals surface area (Å²) in [7, 11) is 0. The molecule has 0 aliphatic carbocycles. The number of carbonyl (C=O) groups is 3. The van der Waals surface area contributed by atoms with E-state index >= 15 is 0 Å². The summed E-state index contributed by atoms with van der Waals surface area (Å²) in [5, 5.41) is 4.18. The van der Waals surface area contributed by atoms with Crippen molar-refractivity contribution in [2.45, 2.75) is 13.3 Å². The number of hydrogen-bond donors (Lipinski definition) is 1. The molecule has 1 fully saturated rings. The number of carbonyl (C=O) groups excluding carboxylic acids is 3. The van der Waals surface area contributed by atoms with Gasteiger partial charge in [0, 0.05) is 10.6 Å². The standard InChI is InChI=1S/C18H16N2O3S2/c1-2-12-5-7-13(8-6-12)19-16(21)11-20-17(22)15(25-18(20)23)10-14-4-3-9-24-14/h3-10H,2,11H2,1H3,(H,19,21)/b15-10-. The van der Waals surface area contributed by atoms with Gasteiger partial charge in [-0.1, -0.05) is 25.1 Å². The summed E-state index contributed by atoms with van der Waals surface area (Å²) < 4.78 is 0. The van der Waals surface area contributed by atoms with Crippen LogP contribution < -0.4 is 5.32 Å². The molecule has 2 heterocycles. The molecule has 1 saturated heterocycles. The first-order valence-electron chi connectivity index (χ1n) is 7.74. The second-order valence-corrected chi connectivity index (χ2v) is 7.35. The van der Waals surface area contributed by atoms with Gasteiger partial charge in [-0.15, -0.1) is 11.3 Å². The van der Waals surface area contributed by atoms with Gasteiger partial charge in [0.25, 0.3) is 11.1 Å². The van der Waals surface area contributed by atoms with E-state index in [0.717, 1.165) is 28.0 Å². The van der Waals surface area contributed by atoms with Crippen molar-refractivity contribution in [3.8, 4) is 0 Å². The van der Waals surface area contributed by atoms with Gasteiger partial charge in [0.2, 0.25) is 5.91 Å². The minimum absolute atomic E-state index is 0.290. The molecule has 0 saturated carbocycles. The molecule has 3 amide bonds. The molecule has 0 atom stereocenters. The molecule has 1 aromatic carbocycles. The summed E-state index contributed by atoms with van der Waals surface area (Å²) in [5.74, 6) is -0.830. The molecule has 0 spiro atoms. The van der Waals surface area contributed by atoms with E-state index in [4.69, 9.17) is 0 Å². The Morgan fingerprint density at radius 2 is 1.96 bits per heavy atom. The van der Waals surface area contributed by atoms with E-state index in [1.165, 1.54) is 16.9 Å². The van der Waals surface area contributed by atoms with Crippen molar-refractivity contribution in [3.05, 3.63) is 57.1 Å². The Hall–Kier alpha value is -2.38.